The topological polar surface area (TPSA) is 24.4 Å². The number of hydrogen-bond donors (Lipinski definition) is 1. The number of aliphatic imine (C=N–C) groups is 1. The van der Waals surface area contributed by atoms with Crippen molar-refractivity contribution in [3.63, 3.8) is 0 Å². The summed E-state index contributed by atoms with van der Waals surface area (Å²) < 4.78 is 0. The van der Waals surface area contributed by atoms with Crippen molar-refractivity contribution < 1.29 is 0 Å². The number of benzene rings is 2. The van der Waals surface area contributed by atoms with Gasteiger partial charge in [0, 0.05) is 24.8 Å². The molecule has 0 aliphatic heterocycles. The van der Waals surface area contributed by atoms with Crippen LogP contribution in [0.2, 0.25) is 0 Å². The summed E-state index contributed by atoms with van der Waals surface area (Å²) in [5.41, 5.74) is 6.23. The Morgan fingerprint density at radius 1 is 0.667 bits per heavy atom. The van der Waals surface area contributed by atoms with Crippen LogP contribution in [0.25, 0.3) is 0 Å². The molecule has 2 aromatic carbocycles. The van der Waals surface area contributed by atoms with E-state index in [1.54, 1.807) is 0 Å². The molecule has 2 heteroatoms. The molecule has 0 heterocycles. The van der Waals surface area contributed by atoms with E-state index in [0.717, 1.165) is 24.4 Å². The second-order valence-corrected chi connectivity index (χ2v) is 14.3. The van der Waals surface area contributed by atoms with Gasteiger partial charge in [-0.3, -0.25) is 4.99 Å². The molecule has 0 aromatic heterocycles. The zero-order chi connectivity index (χ0) is 27.8. The van der Waals surface area contributed by atoms with Gasteiger partial charge < -0.3 is 5.32 Å². The molecule has 2 aromatic rings. The Hall–Kier alpha value is -1.93. The molecule has 0 unspecified atom stereocenters. The van der Waals surface area contributed by atoms with Gasteiger partial charge in [0.25, 0.3) is 0 Å². The van der Waals surface area contributed by atoms with Crippen LogP contribution in [0.1, 0.15) is 123 Å². The smallest absolute Gasteiger partial charge is 0.0500 e. The molecular weight excluding hydrogens is 472 g/mol. The average Bonchev–Trinajstić information content (AvgIpc) is 2.88. The van der Waals surface area contributed by atoms with Crippen molar-refractivity contribution in [1.82, 2.24) is 5.32 Å². The molecule has 2 nitrogen and oxygen atoms in total. The summed E-state index contributed by atoms with van der Waals surface area (Å²) in [5.74, 6) is 1.78. The van der Waals surface area contributed by atoms with Crippen LogP contribution in [-0.2, 0) is 6.54 Å². The van der Waals surface area contributed by atoms with E-state index >= 15 is 0 Å². The summed E-state index contributed by atoms with van der Waals surface area (Å²) in [5, 5.41) is 3.73. The van der Waals surface area contributed by atoms with E-state index in [1.807, 2.05) is 0 Å². The molecule has 2 aliphatic carbocycles. The Morgan fingerprint density at radius 2 is 1.10 bits per heavy atom. The molecular formula is C37H60N2. The maximum Gasteiger partial charge on any atom is 0.0500 e. The van der Waals surface area contributed by atoms with Crippen molar-refractivity contribution in [3.05, 3.63) is 70.8 Å². The molecule has 0 bridgehead atoms. The summed E-state index contributed by atoms with van der Waals surface area (Å²) in [6, 6.07) is 18.8. The lowest BCUT2D eigenvalue weighted by Crippen LogP contribution is -2.35. The molecule has 39 heavy (non-hydrogen) atoms. The standard InChI is InChI=1S/C18H29N.C18H27N.CH4/c2*1-14-5-7-15(8-6-14)13-19-17-11-9-16(10-12-17)18(2,3)4;/h5-8,16-17,19H,9-13H2,1-4H3;5-8,13,16-17H,9-12H2,1-4H3;1H4. The Kier molecular flexibility index (Phi) is 12.9. The van der Waals surface area contributed by atoms with Gasteiger partial charge in [0.2, 0.25) is 0 Å². The van der Waals surface area contributed by atoms with Gasteiger partial charge in [0.1, 0.15) is 0 Å². The van der Waals surface area contributed by atoms with Crippen molar-refractivity contribution in [3.8, 4) is 0 Å². The minimum Gasteiger partial charge on any atom is -0.310 e. The molecule has 218 valence electrons. The van der Waals surface area contributed by atoms with Crippen LogP contribution in [0.5, 0.6) is 0 Å². The highest BCUT2D eigenvalue weighted by Crippen LogP contribution is 2.39. The number of nitrogens with zero attached hydrogens (tertiary/aromatic N) is 1. The second kappa shape index (κ2) is 15.2. The fourth-order valence-corrected chi connectivity index (χ4v) is 6.07. The third kappa shape index (κ3) is 11.6. The summed E-state index contributed by atoms with van der Waals surface area (Å²) >= 11 is 0. The third-order valence-electron chi connectivity index (χ3n) is 9.10. The van der Waals surface area contributed by atoms with Crippen molar-refractivity contribution in [1.29, 1.82) is 0 Å². The quantitative estimate of drug-likeness (QED) is 0.380. The van der Waals surface area contributed by atoms with Crippen LogP contribution >= 0.6 is 0 Å². The lowest BCUT2D eigenvalue weighted by molar-refractivity contribution is 0.160. The highest BCUT2D eigenvalue weighted by Gasteiger charge is 2.30. The lowest BCUT2D eigenvalue weighted by Gasteiger charge is -2.37. The predicted molar refractivity (Wildman–Crippen MR) is 174 cm³/mol. The van der Waals surface area contributed by atoms with Crippen LogP contribution in [0.15, 0.2) is 53.5 Å². The van der Waals surface area contributed by atoms with E-state index < -0.39 is 0 Å². The summed E-state index contributed by atoms with van der Waals surface area (Å²) in [7, 11) is 0. The van der Waals surface area contributed by atoms with Crippen LogP contribution in [0, 0.1) is 36.5 Å². The zero-order valence-electron chi connectivity index (χ0n) is 25.8. The zero-order valence-corrected chi connectivity index (χ0v) is 25.8. The number of hydrogen-bond acceptors (Lipinski definition) is 2. The SMILES string of the molecule is C.Cc1ccc(C=NC2CCC(C(C)(C)C)CC2)cc1.Cc1ccc(CNC2CCC(C(C)(C)C)CC2)cc1. The fraction of sp³-hybridized carbons (Fsp3) is 0.649. The maximum absolute atomic E-state index is 4.77. The molecule has 2 aliphatic rings. The van der Waals surface area contributed by atoms with Crippen molar-refractivity contribution in [2.45, 2.75) is 133 Å². The first-order chi connectivity index (χ1) is 17.9. The molecule has 0 spiro atoms. The molecule has 0 amide bonds. The highest BCUT2D eigenvalue weighted by molar-refractivity contribution is 5.79. The van der Waals surface area contributed by atoms with Gasteiger partial charge in [-0.2, -0.15) is 0 Å². The Bertz CT molecular complexity index is 956. The van der Waals surface area contributed by atoms with E-state index in [4.69, 9.17) is 4.99 Å². The summed E-state index contributed by atoms with van der Waals surface area (Å²) in [4.78, 5) is 4.77. The molecule has 2 fully saturated rings. The Labute approximate surface area is 242 Å². The first-order valence-electron chi connectivity index (χ1n) is 15.3. The largest absolute Gasteiger partial charge is 0.310 e. The van der Waals surface area contributed by atoms with Gasteiger partial charge in [0.15, 0.2) is 0 Å². The minimum atomic E-state index is 0. The van der Waals surface area contributed by atoms with Crippen molar-refractivity contribution in [2.75, 3.05) is 0 Å². The predicted octanol–water partition coefficient (Wildman–Crippen LogP) is 10.3. The van der Waals surface area contributed by atoms with Gasteiger partial charge in [-0.05, 0) is 99.0 Å². The van der Waals surface area contributed by atoms with Crippen molar-refractivity contribution in [2.24, 2.45) is 27.7 Å². The van der Waals surface area contributed by atoms with E-state index in [2.05, 4.69) is 115 Å². The molecule has 2 saturated carbocycles. The van der Waals surface area contributed by atoms with Gasteiger partial charge >= 0.3 is 0 Å². The summed E-state index contributed by atoms with van der Waals surface area (Å²) in [6.07, 6.45) is 12.7. The summed E-state index contributed by atoms with van der Waals surface area (Å²) in [6.45, 7) is 19.5. The van der Waals surface area contributed by atoms with E-state index in [-0.39, 0.29) is 7.43 Å². The third-order valence-corrected chi connectivity index (χ3v) is 9.10. The van der Waals surface area contributed by atoms with Crippen LogP contribution in [0.4, 0.5) is 0 Å². The first-order valence-corrected chi connectivity index (χ1v) is 15.3. The highest BCUT2D eigenvalue weighted by atomic mass is 14.9. The van der Waals surface area contributed by atoms with E-state index in [0.29, 0.717) is 16.9 Å². The van der Waals surface area contributed by atoms with E-state index in [1.165, 1.54) is 73.6 Å². The molecule has 0 atom stereocenters. The lowest BCUT2D eigenvalue weighted by atomic mass is 9.71. The molecule has 4 rings (SSSR count). The van der Waals surface area contributed by atoms with Crippen molar-refractivity contribution >= 4 is 6.21 Å². The monoisotopic (exact) mass is 532 g/mol. The van der Waals surface area contributed by atoms with Crippen LogP contribution < -0.4 is 5.32 Å². The van der Waals surface area contributed by atoms with Gasteiger partial charge in [0.05, 0.1) is 0 Å². The molecule has 1 N–H and O–H groups in total. The maximum atomic E-state index is 4.77. The normalized spacial score (nSPS) is 24.0. The first kappa shape index (κ1) is 33.3. The Balaban J connectivity index is 0.000000267. The minimum absolute atomic E-state index is 0. The van der Waals surface area contributed by atoms with E-state index in [9.17, 15) is 0 Å². The van der Waals surface area contributed by atoms with Crippen LogP contribution in [-0.4, -0.2) is 18.3 Å². The average molecular weight is 533 g/mol. The Morgan fingerprint density at radius 3 is 1.56 bits per heavy atom. The van der Waals surface area contributed by atoms with Gasteiger partial charge in [-0.1, -0.05) is 109 Å². The second-order valence-electron chi connectivity index (χ2n) is 14.3. The molecule has 0 radical (unpaired) electrons. The van der Waals surface area contributed by atoms with Gasteiger partial charge in [-0.25, -0.2) is 0 Å². The van der Waals surface area contributed by atoms with Crippen LogP contribution in [0.3, 0.4) is 0 Å². The number of aryl methyl sites for hydroxylation is 2. The molecule has 0 saturated heterocycles. The number of rotatable bonds is 5. The number of nitrogens with one attached hydrogen (secondary N) is 1. The van der Waals surface area contributed by atoms with Gasteiger partial charge in [-0.15, -0.1) is 0 Å². The fourth-order valence-electron chi connectivity index (χ4n) is 6.07.